The summed E-state index contributed by atoms with van der Waals surface area (Å²) < 4.78 is 6.08. The monoisotopic (exact) mass is 222 g/mol. The minimum atomic E-state index is -1.17. The number of benzene rings is 1. The summed E-state index contributed by atoms with van der Waals surface area (Å²) in [6.07, 6.45) is 2.91. The fraction of sp³-hybridized carbons (Fsp3) is 0.538. The Kier molecular flexibility index (Phi) is 5.65. The molecule has 0 spiro atoms. The van der Waals surface area contributed by atoms with E-state index in [9.17, 15) is 0 Å². The van der Waals surface area contributed by atoms with Crippen LogP contribution in [0.4, 0.5) is 0 Å². The van der Waals surface area contributed by atoms with Crippen LogP contribution in [0.3, 0.4) is 0 Å². The SMILES string of the molecule is CCCC[SiH](OC(C)C)c1ccccc1. The molecule has 0 radical (unpaired) electrons. The van der Waals surface area contributed by atoms with Crippen molar-refractivity contribution in [3.05, 3.63) is 30.3 Å². The van der Waals surface area contributed by atoms with Crippen LogP contribution in [0.5, 0.6) is 0 Å². The molecule has 0 heterocycles. The summed E-state index contributed by atoms with van der Waals surface area (Å²) >= 11 is 0. The molecule has 1 aromatic rings. The van der Waals surface area contributed by atoms with Gasteiger partial charge in [0, 0.05) is 6.10 Å². The van der Waals surface area contributed by atoms with Gasteiger partial charge < -0.3 is 4.43 Å². The van der Waals surface area contributed by atoms with Gasteiger partial charge in [-0.3, -0.25) is 0 Å². The lowest BCUT2D eigenvalue weighted by Gasteiger charge is -2.19. The van der Waals surface area contributed by atoms with Gasteiger partial charge in [-0.1, -0.05) is 50.1 Å². The quantitative estimate of drug-likeness (QED) is 0.673. The normalized spacial score (nSPS) is 13.1. The van der Waals surface area contributed by atoms with Crippen LogP contribution in [-0.4, -0.2) is 15.1 Å². The molecule has 2 heteroatoms. The molecule has 84 valence electrons. The minimum absolute atomic E-state index is 0.360. The van der Waals surface area contributed by atoms with Gasteiger partial charge in [-0.2, -0.15) is 0 Å². The summed E-state index contributed by atoms with van der Waals surface area (Å²) in [4.78, 5) is 0. The molecule has 0 N–H and O–H groups in total. The third-order valence-electron chi connectivity index (χ3n) is 2.43. The molecule has 0 saturated heterocycles. The predicted molar refractivity (Wildman–Crippen MR) is 69.2 cm³/mol. The number of hydrogen-bond acceptors (Lipinski definition) is 1. The van der Waals surface area contributed by atoms with Crippen molar-refractivity contribution in [2.45, 2.75) is 45.8 Å². The zero-order valence-corrected chi connectivity index (χ0v) is 11.2. The van der Waals surface area contributed by atoms with Crippen molar-refractivity contribution < 1.29 is 4.43 Å². The Balaban J connectivity index is 2.63. The highest BCUT2D eigenvalue weighted by atomic mass is 28.3. The van der Waals surface area contributed by atoms with E-state index in [2.05, 4.69) is 51.1 Å². The summed E-state index contributed by atoms with van der Waals surface area (Å²) in [6.45, 7) is 6.51. The molecule has 15 heavy (non-hydrogen) atoms. The summed E-state index contributed by atoms with van der Waals surface area (Å²) in [5, 5.41) is 1.44. The summed E-state index contributed by atoms with van der Waals surface area (Å²) in [6, 6.07) is 12.0. The maximum Gasteiger partial charge on any atom is 0.208 e. The van der Waals surface area contributed by atoms with Gasteiger partial charge in [0.25, 0.3) is 0 Å². The molecule has 1 nitrogen and oxygen atoms in total. The first-order chi connectivity index (χ1) is 7.24. The van der Waals surface area contributed by atoms with Gasteiger partial charge in [0.1, 0.15) is 0 Å². The van der Waals surface area contributed by atoms with Crippen molar-refractivity contribution in [1.82, 2.24) is 0 Å². The summed E-state index contributed by atoms with van der Waals surface area (Å²) in [5.74, 6) is 0. The third kappa shape index (κ3) is 4.63. The van der Waals surface area contributed by atoms with Gasteiger partial charge in [0.2, 0.25) is 9.04 Å². The van der Waals surface area contributed by atoms with Gasteiger partial charge in [0.15, 0.2) is 0 Å². The highest BCUT2D eigenvalue weighted by Gasteiger charge is 2.15. The third-order valence-corrected chi connectivity index (χ3v) is 5.36. The smallest absolute Gasteiger partial charge is 0.208 e. The average molecular weight is 222 g/mol. The molecule has 0 aromatic heterocycles. The van der Waals surface area contributed by atoms with E-state index < -0.39 is 9.04 Å². The second-order valence-electron chi connectivity index (χ2n) is 4.23. The molecule has 1 rings (SSSR count). The molecule has 1 unspecified atom stereocenters. The molecule has 0 fully saturated rings. The molecule has 0 aliphatic heterocycles. The van der Waals surface area contributed by atoms with Crippen molar-refractivity contribution in [3.8, 4) is 0 Å². The lowest BCUT2D eigenvalue weighted by atomic mass is 10.4. The lowest BCUT2D eigenvalue weighted by Crippen LogP contribution is -2.35. The molecule has 0 bridgehead atoms. The minimum Gasteiger partial charge on any atom is -0.413 e. The van der Waals surface area contributed by atoms with Crippen LogP contribution in [0.25, 0.3) is 0 Å². The molecule has 0 aliphatic rings. The van der Waals surface area contributed by atoms with Gasteiger partial charge in [-0.05, 0) is 25.1 Å². The van der Waals surface area contributed by atoms with E-state index in [4.69, 9.17) is 4.43 Å². The lowest BCUT2D eigenvalue weighted by molar-refractivity contribution is 0.247. The molecule has 1 atom stereocenters. The maximum atomic E-state index is 6.08. The Morgan fingerprint density at radius 2 is 1.87 bits per heavy atom. The molecule has 0 aliphatic carbocycles. The van der Waals surface area contributed by atoms with E-state index in [1.54, 1.807) is 0 Å². The van der Waals surface area contributed by atoms with Crippen molar-refractivity contribution in [3.63, 3.8) is 0 Å². The zero-order chi connectivity index (χ0) is 11.1. The molecular formula is C13H22OSi. The second kappa shape index (κ2) is 6.80. The topological polar surface area (TPSA) is 9.23 Å². The van der Waals surface area contributed by atoms with E-state index in [-0.39, 0.29) is 0 Å². The molecule has 0 saturated carbocycles. The first-order valence-electron chi connectivity index (χ1n) is 5.94. The van der Waals surface area contributed by atoms with Crippen LogP contribution >= 0.6 is 0 Å². The van der Waals surface area contributed by atoms with Gasteiger partial charge in [-0.25, -0.2) is 0 Å². The van der Waals surface area contributed by atoms with Crippen LogP contribution in [-0.2, 0) is 4.43 Å². The van der Waals surface area contributed by atoms with E-state index in [1.807, 2.05) is 0 Å². The van der Waals surface area contributed by atoms with Crippen LogP contribution < -0.4 is 5.19 Å². The van der Waals surface area contributed by atoms with Gasteiger partial charge in [-0.15, -0.1) is 0 Å². The van der Waals surface area contributed by atoms with Crippen LogP contribution in [0.15, 0.2) is 30.3 Å². The fourth-order valence-corrected chi connectivity index (χ4v) is 4.41. The number of rotatable bonds is 6. The van der Waals surface area contributed by atoms with Crippen molar-refractivity contribution in [1.29, 1.82) is 0 Å². The zero-order valence-electron chi connectivity index (χ0n) is 10.1. The van der Waals surface area contributed by atoms with E-state index in [0.717, 1.165) is 0 Å². The Morgan fingerprint density at radius 3 is 2.40 bits per heavy atom. The van der Waals surface area contributed by atoms with Crippen LogP contribution in [0, 0.1) is 0 Å². The van der Waals surface area contributed by atoms with Gasteiger partial charge >= 0.3 is 0 Å². The Labute approximate surface area is 95.2 Å². The standard InChI is InChI=1S/C13H22OSi/c1-4-5-11-15(14-12(2)3)13-9-7-6-8-10-13/h6-10,12,15H,4-5,11H2,1-3H3. The van der Waals surface area contributed by atoms with Gasteiger partial charge in [0.05, 0.1) is 0 Å². The van der Waals surface area contributed by atoms with E-state index in [0.29, 0.717) is 6.10 Å². The number of unbranched alkanes of at least 4 members (excludes halogenated alkanes) is 1. The van der Waals surface area contributed by atoms with Crippen molar-refractivity contribution >= 4 is 14.2 Å². The Morgan fingerprint density at radius 1 is 1.20 bits per heavy atom. The largest absolute Gasteiger partial charge is 0.413 e. The Bertz CT molecular complexity index is 258. The van der Waals surface area contributed by atoms with E-state index >= 15 is 0 Å². The first kappa shape index (κ1) is 12.5. The molecular weight excluding hydrogens is 200 g/mol. The molecule has 0 amide bonds. The van der Waals surface area contributed by atoms with Crippen LogP contribution in [0.1, 0.15) is 33.6 Å². The average Bonchev–Trinajstić information content (AvgIpc) is 2.25. The second-order valence-corrected chi connectivity index (χ2v) is 6.72. The van der Waals surface area contributed by atoms with Crippen LogP contribution in [0.2, 0.25) is 6.04 Å². The van der Waals surface area contributed by atoms with Crippen molar-refractivity contribution in [2.24, 2.45) is 0 Å². The summed E-state index contributed by atoms with van der Waals surface area (Å²) in [7, 11) is -1.17. The Hall–Kier alpha value is -0.603. The highest BCUT2D eigenvalue weighted by molar-refractivity contribution is 6.67. The predicted octanol–water partition coefficient (Wildman–Crippen LogP) is 2.84. The van der Waals surface area contributed by atoms with Crippen molar-refractivity contribution in [2.75, 3.05) is 0 Å². The van der Waals surface area contributed by atoms with E-state index in [1.165, 1.54) is 24.1 Å². The fourth-order valence-electron chi connectivity index (χ4n) is 1.70. The molecule has 1 aromatic carbocycles. The summed E-state index contributed by atoms with van der Waals surface area (Å²) in [5.41, 5.74) is 0. The number of hydrogen-bond donors (Lipinski definition) is 0. The first-order valence-corrected chi connectivity index (χ1v) is 7.81. The highest BCUT2D eigenvalue weighted by Crippen LogP contribution is 2.06. The maximum absolute atomic E-state index is 6.08.